The summed E-state index contributed by atoms with van der Waals surface area (Å²) in [5.41, 5.74) is 2.05. The second-order valence-electron chi connectivity index (χ2n) is 5.99. The van der Waals surface area contributed by atoms with Crippen LogP contribution in [0.5, 0.6) is 5.75 Å². The van der Waals surface area contributed by atoms with Crippen molar-refractivity contribution in [1.29, 1.82) is 0 Å². The van der Waals surface area contributed by atoms with Crippen LogP contribution in [0.15, 0.2) is 58.8 Å². The summed E-state index contributed by atoms with van der Waals surface area (Å²) < 4.78 is 5.76. The molecule has 2 heterocycles. The predicted molar refractivity (Wildman–Crippen MR) is 82.4 cm³/mol. The first-order chi connectivity index (χ1) is 10.7. The number of fused-ring (bicyclic) bond motifs is 1. The van der Waals surface area contributed by atoms with Crippen molar-refractivity contribution >= 4 is 5.78 Å². The van der Waals surface area contributed by atoms with E-state index < -0.39 is 5.54 Å². The number of ketones is 1. The molecule has 0 N–H and O–H groups in total. The van der Waals surface area contributed by atoms with Crippen LogP contribution >= 0.6 is 0 Å². The molecule has 22 heavy (non-hydrogen) atoms. The van der Waals surface area contributed by atoms with Gasteiger partial charge in [0.15, 0.2) is 11.3 Å². The Morgan fingerprint density at radius 2 is 1.91 bits per heavy atom. The highest BCUT2D eigenvalue weighted by atomic mass is 16.5. The molecule has 0 saturated carbocycles. The number of rotatable bonds is 1. The summed E-state index contributed by atoms with van der Waals surface area (Å²) in [5, 5.41) is 8.70. The molecule has 2 aliphatic heterocycles. The third-order valence-electron chi connectivity index (χ3n) is 4.40. The molecular weight excluding hydrogens is 276 g/mol. The van der Waals surface area contributed by atoms with Gasteiger partial charge >= 0.3 is 0 Å². The lowest BCUT2D eigenvalue weighted by molar-refractivity contribution is 0.0778. The highest BCUT2D eigenvalue weighted by molar-refractivity contribution is 6.06. The summed E-state index contributed by atoms with van der Waals surface area (Å²) in [5.74, 6) is 0.667. The van der Waals surface area contributed by atoms with Gasteiger partial charge in [0.1, 0.15) is 12.4 Å². The second kappa shape index (κ2) is 4.77. The first-order valence-electron chi connectivity index (χ1n) is 7.43. The van der Waals surface area contributed by atoms with Crippen LogP contribution in [0.1, 0.15) is 33.9 Å². The Bertz CT molecular complexity index is 767. The van der Waals surface area contributed by atoms with Crippen LogP contribution in [0.25, 0.3) is 0 Å². The Morgan fingerprint density at radius 3 is 2.73 bits per heavy atom. The molecule has 2 aromatic rings. The van der Waals surface area contributed by atoms with Crippen molar-refractivity contribution < 1.29 is 9.53 Å². The number of carbonyl (C=O) groups is 1. The number of aryl methyl sites for hydroxylation is 1. The largest absolute Gasteiger partial charge is 0.490 e. The fraction of sp³-hybridized carbons (Fsp3) is 0.278. The van der Waals surface area contributed by atoms with Gasteiger partial charge in [-0.25, -0.2) is 0 Å². The maximum absolute atomic E-state index is 12.8. The lowest BCUT2D eigenvalue weighted by Crippen LogP contribution is -2.44. The molecular formula is C18H16N2O2. The Labute approximate surface area is 128 Å². The van der Waals surface area contributed by atoms with Gasteiger partial charge in [-0.1, -0.05) is 42.0 Å². The molecule has 4 nitrogen and oxygen atoms in total. The number of ether oxygens (including phenoxy) is 1. The van der Waals surface area contributed by atoms with Crippen LogP contribution < -0.4 is 4.74 Å². The maximum Gasteiger partial charge on any atom is 0.199 e. The first kappa shape index (κ1) is 13.2. The van der Waals surface area contributed by atoms with Gasteiger partial charge < -0.3 is 4.74 Å². The third kappa shape index (κ3) is 1.95. The summed E-state index contributed by atoms with van der Waals surface area (Å²) in [7, 11) is 0. The average Bonchev–Trinajstić information content (AvgIpc) is 2.98. The molecule has 4 rings (SSSR count). The molecule has 0 amide bonds. The minimum absolute atomic E-state index is 0.0210. The van der Waals surface area contributed by atoms with Gasteiger partial charge in [-0.05, 0) is 24.6 Å². The minimum atomic E-state index is -0.857. The van der Waals surface area contributed by atoms with E-state index in [0.29, 0.717) is 17.7 Å². The number of azo groups is 1. The zero-order valence-corrected chi connectivity index (χ0v) is 12.3. The Balaban J connectivity index is 1.64. The van der Waals surface area contributed by atoms with Gasteiger partial charge in [-0.3, -0.25) is 4.79 Å². The lowest BCUT2D eigenvalue weighted by atomic mass is 9.82. The normalized spacial score (nSPS) is 26.0. The van der Waals surface area contributed by atoms with Crippen molar-refractivity contribution in [2.45, 2.75) is 24.9 Å². The molecule has 0 unspecified atom stereocenters. The molecule has 0 fully saturated rings. The minimum Gasteiger partial charge on any atom is -0.490 e. The van der Waals surface area contributed by atoms with Gasteiger partial charge in [0, 0.05) is 6.42 Å². The number of carbonyl (C=O) groups excluding carboxylic acids is 1. The smallest absolute Gasteiger partial charge is 0.199 e. The molecule has 0 bridgehead atoms. The second-order valence-corrected chi connectivity index (χ2v) is 5.99. The maximum atomic E-state index is 12.8. The van der Waals surface area contributed by atoms with Crippen molar-refractivity contribution in [2.24, 2.45) is 10.2 Å². The van der Waals surface area contributed by atoms with Gasteiger partial charge in [0.05, 0.1) is 11.6 Å². The lowest BCUT2D eigenvalue weighted by Gasteiger charge is -2.29. The number of Topliss-reactive ketones (excluding diaryl/α,β-unsaturated/α-hetero) is 1. The molecule has 0 aliphatic carbocycles. The molecule has 1 spiro atoms. The first-order valence-corrected chi connectivity index (χ1v) is 7.43. The van der Waals surface area contributed by atoms with Gasteiger partial charge in [0.25, 0.3) is 0 Å². The van der Waals surface area contributed by atoms with Crippen molar-refractivity contribution in [3.63, 3.8) is 0 Å². The molecule has 110 valence electrons. The van der Waals surface area contributed by atoms with Crippen LogP contribution in [0.2, 0.25) is 0 Å². The van der Waals surface area contributed by atoms with Crippen molar-refractivity contribution in [3.8, 4) is 5.75 Å². The fourth-order valence-electron chi connectivity index (χ4n) is 3.07. The van der Waals surface area contributed by atoms with Crippen LogP contribution in [0, 0.1) is 6.92 Å². The highest BCUT2D eigenvalue weighted by Gasteiger charge is 2.49. The Kier molecular flexibility index (Phi) is 2.86. The zero-order valence-electron chi connectivity index (χ0n) is 12.3. The van der Waals surface area contributed by atoms with E-state index in [2.05, 4.69) is 41.4 Å². The summed E-state index contributed by atoms with van der Waals surface area (Å²) >= 11 is 0. The number of hydrogen-bond donors (Lipinski definition) is 0. The number of nitrogens with zero attached hydrogens (tertiary/aromatic N) is 2. The fourth-order valence-corrected chi connectivity index (χ4v) is 3.07. The van der Waals surface area contributed by atoms with E-state index in [0.717, 1.165) is 5.56 Å². The van der Waals surface area contributed by atoms with Crippen molar-refractivity contribution in [1.82, 2.24) is 0 Å². The zero-order chi connectivity index (χ0) is 15.2. The van der Waals surface area contributed by atoms with Gasteiger partial charge in [-0.2, -0.15) is 10.2 Å². The number of hydrogen-bond acceptors (Lipinski definition) is 4. The summed E-state index contributed by atoms with van der Waals surface area (Å²) in [6.45, 7) is 2.32. The van der Waals surface area contributed by atoms with Crippen molar-refractivity contribution in [3.05, 3.63) is 65.2 Å². The van der Waals surface area contributed by atoms with E-state index in [1.54, 1.807) is 6.07 Å². The summed E-state index contributed by atoms with van der Waals surface area (Å²) in [6.07, 6.45) is 0.573. The monoisotopic (exact) mass is 292 g/mol. The number of benzene rings is 2. The molecule has 0 radical (unpaired) electrons. The van der Waals surface area contributed by atoms with E-state index in [4.69, 9.17) is 4.74 Å². The van der Waals surface area contributed by atoms with E-state index >= 15 is 0 Å². The SMILES string of the molecule is Cc1ccc([C@H]2C[C@]3(COc4ccccc4C3=O)N=N2)cc1. The van der Waals surface area contributed by atoms with E-state index in [-0.39, 0.29) is 18.4 Å². The molecule has 0 aromatic heterocycles. The van der Waals surface area contributed by atoms with Crippen LogP contribution in [0.3, 0.4) is 0 Å². The van der Waals surface area contributed by atoms with Gasteiger partial charge in [-0.15, -0.1) is 0 Å². The van der Waals surface area contributed by atoms with Crippen LogP contribution in [0.4, 0.5) is 0 Å². The molecule has 2 aromatic carbocycles. The van der Waals surface area contributed by atoms with Crippen LogP contribution in [-0.4, -0.2) is 17.9 Å². The highest BCUT2D eigenvalue weighted by Crippen LogP contribution is 2.43. The molecule has 2 atom stereocenters. The predicted octanol–water partition coefficient (Wildman–Crippen LogP) is 3.91. The standard InChI is InChI=1S/C18H16N2O2/c1-12-6-8-13(9-7-12)15-10-18(20-19-15)11-22-16-5-3-2-4-14(16)17(18)21/h2-9,15H,10-11H2,1H3/t15-,18-/m1/s1. The summed E-state index contributed by atoms with van der Waals surface area (Å²) in [4.78, 5) is 12.8. The third-order valence-corrected chi connectivity index (χ3v) is 4.40. The Morgan fingerprint density at radius 1 is 1.14 bits per heavy atom. The van der Waals surface area contributed by atoms with Crippen molar-refractivity contribution in [2.75, 3.05) is 6.61 Å². The topological polar surface area (TPSA) is 51.0 Å². The van der Waals surface area contributed by atoms with E-state index in [1.165, 1.54) is 5.56 Å². The van der Waals surface area contributed by atoms with Gasteiger partial charge in [0.2, 0.25) is 0 Å². The molecule has 2 aliphatic rings. The molecule has 0 saturated heterocycles. The number of para-hydroxylation sites is 1. The van der Waals surface area contributed by atoms with E-state index in [9.17, 15) is 4.79 Å². The quantitative estimate of drug-likeness (QED) is 0.800. The summed E-state index contributed by atoms with van der Waals surface area (Å²) in [6, 6.07) is 15.5. The Hall–Kier alpha value is -2.49. The van der Waals surface area contributed by atoms with E-state index in [1.807, 2.05) is 18.2 Å². The van der Waals surface area contributed by atoms with Crippen LogP contribution in [-0.2, 0) is 0 Å². The molecule has 4 heteroatoms. The average molecular weight is 292 g/mol.